The summed E-state index contributed by atoms with van der Waals surface area (Å²) >= 11 is 0. The Bertz CT molecular complexity index is 673. The van der Waals surface area contributed by atoms with Crippen molar-refractivity contribution in [3.63, 3.8) is 0 Å². The van der Waals surface area contributed by atoms with Crippen molar-refractivity contribution in [2.24, 2.45) is 0 Å². The molecule has 0 radical (unpaired) electrons. The van der Waals surface area contributed by atoms with Gasteiger partial charge in [0.1, 0.15) is 5.75 Å². The van der Waals surface area contributed by atoms with Gasteiger partial charge in [0.05, 0.1) is 26.9 Å². The number of methoxy groups -OCH3 is 2. The van der Waals surface area contributed by atoms with E-state index in [0.29, 0.717) is 30.9 Å². The van der Waals surface area contributed by atoms with E-state index in [9.17, 15) is 4.79 Å². The molecule has 0 aliphatic heterocycles. The van der Waals surface area contributed by atoms with E-state index < -0.39 is 0 Å². The molecular weight excluding hydrogens is 318 g/mol. The van der Waals surface area contributed by atoms with Crippen molar-refractivity contribution < 1.29 is 19.0 Å². The van der Waals surface area contributed by atoms with Gasteiger partial charge in [0.15, 0.2) is 11.5 Å². The number of amides is 1. The van der Waals surface area contributed by atoms with Gasteiger partial charge in [-0.15, -0.1) is 0 Å². The van der Waals surface area contributed by atoms with E-state index in [1.54, 1.807) is 14.2 Å². The average Bonchev–Trinajstić information content (AvgIpc) is 2.65. The van der Waals surface area contributed by atoms with Gasteiger partial charge in [0.25, 0.3) is 0 Å². The third-order valence-electron chi connectivity index (χ3n) is 3.85. The van der Waals surface area contributed by atoms with Crippen LogP contribution in [0.5, 0.6) is 17.2 Å². The fraction of sp³-hybridized carbons (Fsp3) is 0.350. The lowest BCUT2D eigenvalue weighted by molar-refractivity contribution is -0.121. The van der Waals surface area contributed by atoms with Crippen molar-refractivity contribution >= 4 is 5.91 Å². The van der Waals surface area contributed by atoms with Crippen LogP contribution in [0.3, 0.4) is 0 Å². The molecule has 0 unspecified atom stereocenters. The monoisotopic (exact) mass is 343 g/mol. The molecular formula is C20H25NO4. The van der Waals surface area contributed by atoms with Gasteiger partial charge < -0.3 is 19.5 Å². The molecule has 0 aliphatic carbocycles. The highest BCUT2D eigenvalue weighted by molar-refractivity contribution is 5.76. The van der Waals surface area contributed by atoms with E-state index in [2.05, 4.69) is 5.32 Å². The molecule has 25 heavy (non-hydrogen) atoms. The third kappa shape index (κ3) is 5.71. The predicted octanol–water partition coefficient (Wildman–Crippen LogP) is 3.74. The molecule has 0 fully saturated rings. The van der Waals surface area contributed by atoms with Gasteiger partial charge in [-0.2, -0.15) is 0 Å². The van der Waals surface area contributed by atoms with Gasteiger partial charge in [0.2, 0.25) is 5.91 Å². The third-order valence-corrected chi connectivity index (χ3v) is 3.85. The molecule has 1 N–H and O–H groups in total. The van der Waals surface area contributed by atoms with Gasteiger partial charge in [-0.1, -0.05) is 24.3 Å². The summed E-state index contributed by atoms with van der Waals surface area (Å²) in [6.07, 6.45) is 1.09. The molecule has 2 aromatic carbocycles. The standard InChI is InChI=1S/C20H25NO4/c1-15(16-11-12-18(23-2)19(14-16)24-3)21-20(22)10-7-13-25-17-8-5-4-6-9-17/h4-6,8-9,11-12,14-15H,7,10,13H2,1-3H3,(H,21,22)/t15-/m1/s1. The van der Waals surface area contributed by atoms with E-state index in [0.717, 1.165) is 11.3 Å². The Labute approximate surface area is 148 Å². The highest BCUT2D eigenvalue weighted by atomic mass is 16.5. The maximum absolute atomic E-state index is 12.1. The van der Waals surface area contributed by atoms with E-state index in [4.69, 9.17) is 14.2 Å². The molecule has 5 heteroatoms. The Morgan fingerprint density at radius 2 is 1.76 bits per heavy atom. The summed E-state index contributed by atoms with van der Waals surface area (Å²) in [6, 6.07) is 15.1. The van der Waals surface area contributed by atoms with Crippen LogP contribution in [-0.2, 0) is 4.79 Å². The Morgan fingerprint density at radius 1 is 1.04 bits per heavy atom. The summed E-state index contributed by atoms with van der Waals surface area (Å²) < 4.78 is 16.1. The molecule has 0 saturated carbocycles. The molecule has 0 bridgehead atoms. The van der Waals surface area contributed by atoms with Gasteiger partial charge in [-0.25, -0.2) is 0 Å². The van der Waals surface area contributed by atoms with Crippen LogP contribution in [0, 0.1) is 0 Å². The molecule has 0 aliphatic rings. The molecule has 1 atom stereocenters. The van der Waals surface area contributed by atoms with E-state index >= 15 is 0 Å². The number of benzene rings is 2. The first-order chi connectivity index (χ1) is 12.1. The second kappa shape index (κ2) is 9.57. The lowest BCUT2D eigenvalue weighted by Gasteiger charge is -2.16. The van der Waals surface area contributed by atoms with Crippen LogP contribution >= 0.6 is 0 Å². The number of para-hydroxylation sites is 1. The summed E-state index contributed by atoms with van der Waals surface area (Å²) in [6.45, 7) is 2.46. The van der Waals surface area contributed by atoms with Gasteiger partial charge in [0, 0.05) is 6.42 Å². The number of ether oxygens (including phenoxy) is 3. The smallest absolute Gasteiger partial charge is 0.220 e. The molecule has 0 aromatic heterocycles. The summed E-state index contributed by atoms with van der Waals surface area (Å²) in [5.74, 6) is 2.14. The fourth-order valence-electron chi connectivity index (χ4n) is 2.46. The minimum atomic E-state index is -0.109. The van der Waals surface area contributed by atoms with Crippen LogP contribution < -0.4 is 19.5 Å². The summed E-state index contributed by atoms with van der Waals surface area (Å²) in [5.41, 5.74) is 0.964. The summed E-state index contributed by atoms with van der Waals surface area (Å²) in [7, 11) is 3.19. The fourth-order valence-corrected chi connectivity index (χ4v) is 2.46. The van der Waals surface area contributed by atoms with Crippen LogP contribution in [0.15, 0.2) is 48.5 Å². The zero-order valence-electron chi connectivity index (χ0n) is 15.0. The maximum atomic E-state index is 12.1. The van der Waals surface area contributed by atoms with Crippen molar-refractivity contribution in [2.45, 2.75) is 25.8 Å². The van der Waals surface area contributed by atoms with E-state index in [1.165, 1.54) is 0 Å². The lowest BCUT2D eigenvalue weighted by atomic mass is 10.1. The second-order valence-electron chi connectivity index (χ2n) is 5.67. The molecule has 5 nitrogen and oxygen atoms in total. The molecule has 2 aromatic rings. The van der Waals surface area contributed by atoms with Crippen molar-refractivity contribution in [1.82, 2.24) is 5.32 Å². The Balaban J connectivity index is 1.78. The highest BCUT2D eigenvalue weighted by Gasteiger charge is 2.12. The topological polar surface area (TPSA) is 56.8 Å². The number of rotatable bonds is 9. The highest BCUT2D eigenvalue weighted by Crippen LogP contribution is 2.29. The van der Waals surface area contributed by atoms with Gasteiger partial charge in [-0.05, 0) is 43.2 Å². The van der Waals surface area contributed by atoms with Crippen molar-refractivity contribution in [1.29, 1.82) is 0 Å². The quantitative estimate of drug-likeness (QED) is 0.705. The molecule has 1 amide bonds. The van der Waals surface area contributed by atoms with Crippen LogP contribution in [-0.4, -0.2) is 26.7 Å². The minimum Gasteiger partial charge on any atom is -0.494 e. The Hall–Kier alpha value is -2.69. The van der Waals surface area contributed by atoms with Crippen LogP contribution in [0.2, 0.25) is 0 Å². The van der Waals surface area contributed by atoms with Crippen LogP contribution in [0.1, 0.15) is 31.4 Å². The first-order valence-electron chi connectivity index (χ1n) is 8.33. The predicted molar refractivity (Wildman–Crippen MR) is 97.3 cm³/mol. The SMILES string of the molecule is COc1ccc([C@@H](C)NC(=O)CCCOc2ccccc2)cc1OC. The largest absolute Gasteiger partial charge is 0.494 e. The zero-order chi connectivity index (χ0) is 18.1. The lowest BCUT2D eigenvalue weighted by Crippen LogP contribution is -2.26. The minimum absolute atomic E-state index is 0.000975. The number of nitrogens with one attached hydrogen (secondary N) is 1. The zero-order valence-corrected chi connectivity index (χ0v) is 15.0. The second-order valence-corrected chi connectivity index (χ2v) is 5.67. The Morgan fingerprint density at radius 3 is 2.44 bits per heavy atom. The average molecular weight is 343 g/mol. The van der Waals surface area contributed by atoms with Crippen LogP contribution in [0.25, 0.3) is 0 Å². The maximum Gasteiger partial charge on any atom is 0.220 e. The summed E-state index contributed by atoms with van der Waals surface area (Å²) in [5, 5.41) is 2.99. The van der Waals surface area contributed by atoms with E-state index in [1.807, 2.05) is 55.5 Å². The number of hydrogen-bond acceptors (Lipinski definition) is 4. The summed E-state index contributed by atoms with van der Waals surface area (Å²) in [4.78, 5) is 12.1. The first kappa shape index (κ1) is 18.6. The number of carbonyl (C=O) groups excluding carboxylic acids is 1. The molecule has 0 saturated heterocycles. The molecule has 0 spiro atoms. The number of hydrogen-bond donors (Lipinski definition) is 1. The van der Waals surface area contributed by atoms with Crippen LogP contribution in [0.4, 0.5) is 0 Å². The first-order valence-corrected chi connectivity index (χ1v) is 8.33. The molecule has 0 heterocycles. The van der Waals surface area contributed by atoms with Crippen molar-refractivity contribution in [2.75, 3.05) is 20.8 Å². The van der Waals surface area contributed by atoms with Gasteiger partial charge >= 0.3 is 0 Å². The normalized spacial score (nSPS) is 11.5. The van der Waals surface area contributed by atoms with Crippen molar-refractivity contribution in [3.05, 3.63) is 54.1 Å². The van der Waals surface area contributed by atoms with Crippen molar-refractivity contribution in [3.8, 4) is 17.2 Å². The van der Waals surface area contributed by atoms with E-state index in [-0.39, 0.29) is 11.9 Å². The number of carbonyl (C=O) groups is 1. The molecule has 134 valence electrons. The van der Waals surface area contributed by atoms with Gasteiger partial charge in [-0.3, -0.25) is 4.79 Å². The Kier molecular flexibility index (Phi) is 7.14. The molecule has 2 rings (SSSR count).